The third-order valence-electron chi connectivity index (χ3n) is 3.91. The second kappa shape index (κ2) is 7.59. The molecule has 0 fully saturated rings. The summed E-state index contributed by atoms with van der Waals surface area (Å²) in [5.41, 5.74) is 1.59. The van der Waals surface area contributed by atoms with Gasteiger partial charge in [0.1, 0.15) is 6.04 Å². The van der Waals surface area contributed by atoms with Crippen molar-refractivity contribution < 1.29 is 13.2 Å². The van der Waals surface area contributed by atoms with Gasteiger partial charge in [-0.05, 0) is 18.1 Å². The van der Waals surface area contributed by atoms with Crippen molar-refractivity contribution in [3.05, 3.63) is 71.8 Å². The van der Waals surface area contributed by atoms with Gasteiger partial charge in [-0.3, -0.25) is 4.79 Å². The third-order valence-corrected chi connectivity index (χ3v) is 5.17. The molecule has 1 N–H and O–H groups in total. The van der Waals surface area contributed by atoms with Crippen LogP contribution >= 0.6 is 0 Å². The van der Waals surface area contributed by atoms with Gasteiger partial charge in [0.25, 0.3) is 0 Å². The predicted octanol–water partition coefficient (Wildman–Crippen LogP) is 2.50. The van der Waals surface area contributed by atoms with Crippen LogP contribution in [0.2, 0.25) is 0 Å². The van der Waals surface area contributed by atoms with Crippen molar-refractivity contribution in [3.63, 3.8) is 0 Å². The first kappa shape index (κ1) is 18.2. The minimum absolute atomic E-state index is 0.224. The van der Waals surface area contributed by atoms with E-state index in [1.807, 2.05) is 43.3 Å². The summed E-state index contributed by atoms with van der Waals surface area (Å²) < 4.78 is 25.0. The van der Waals surface area contributed by atoms with Crippen molar-refractivity contribution in [2.45, 2.75) is 19.0 Å². The van der Waals surface area contributed by atoms with Crippen LogP contribution in [0.15, 0.2) is 60.7 Å². The number of amides is 1. The fourth-order valence-corrected chi connectivity index (χ4v) is 3.07. The number of nitrogens with one attached hydrogen (secondary N) is 1. The van der Waals surface area contributed by atoms with Gasteiger partial charge < -0.3 is 5.32 Å². The number of likely N-dealkylation sites (N-methyl/N-ethyl adjacent to an activating group) is 1. The standard InChI is InChI=1S/C18H22N2O3S/c1-14(15-10-6-4-7-11-15)19-18(21)17(20(2)24(3,22)23)16-12-8-5-9-13-16/h4-14,17H,1-3H3,(H,19,21)/t14-,17?/m1/s1. The average molecular weight is 346 g/mol. The highest BCUT2D eigenvalue weighted by Gasteiger charge is 2.31. The van der Waals surface area contributed by atoms with Crippen LogP contribution in [-0.2, 0) is 14.8 Å². The predicted molar refractivity (Wildman–Crippen MR) is 94.8 cm³/mol. The SMILES string of the molecule is C[C@@H](NC(=O)C(c1ccccc1)N(C)S(C)(=O)=O)c1ccccc1. The summed E-state index contributed by atoms with van der Waals surface area (Å²) >= 11 is 0. The monoisotopic (exact) mass is 346 g/mol. The molecule has 0 saturated heterocycles. The number of hydrogen-bond acceptors (Lipinski definition) is 3. The van der Waals surface area contributed by atoms with Crippen molar-refractivity contribution in [1.29, 1.82) is 0 Å². The van der Waals surface area contributed by atoms with E-state index in [0.29, 0.717) is 5.56 Å². The number of rotatable bonds is 6. The molecule has 5 nitrogen and oxygen atoms in total. The summed E-state index contributed by atoms with van der Waals surface area (Å²) in [5.74, 6) is -0.356. The lowest BCUT2D eigenvalue weighted by atomic mass is 10.0. The molecular weight excluding hydrogens is 324 g/mol. The Morgan fingerprint density at radius 1 is 0.958 bits per heavy atom. The maximum Gasteiger partial charge on any atom is 0.243 e. The number of carbonyl (C=O) groups is 1. The highest BCUT2D eigenvalue weighted by Crippen LogP contribution is 2.23. The van der Waals surface area contributed by atoms with E-state index >= 15 is 0 Å². The largest absolute Gasteiger partial charge is 0.348 e. The van der Waals surface area contributed by atoms with Crippen LogP contribution in [0.5, 0.6) is 0 Å². The van der Waals surface area contributed by atoms with Crippen molar-refractivity contribution in [1.82, 2.24) is 9.62 Å². The number of nitrogens with zero attached hydrogens (tertiary/aromatic N) is 1. The van der Waals surface area contributed by atoms with E-state index in [9.17, 15) is 13.2 Å². The summed E-state index contributed by atoms with van der Waals surface area (Å²) in [7, 11) is -2.11. The molecule has 0 aliphatic heterocycles. The lowest BCUT2D eigenvalue weighted by Gasteiger charge is -2.27. The number of benzene rings is 2. The Balaban J connectivity index is 2.28. The number of sulfonamides is 1. The second-order valence-electron chi connectivity index (χ2n) is 5.73. The van der Waals surface area contributed by atoms with Crippen LogP contribution in [0.25, 0.3) is 0 Å². The fourth-order valence-electron chi connectivity index (χ4n) is 2.47. The van der Waals surface area contributed by atoms with E-state index in [2.05, 4.69) is 5.32 Å². The smallest absolute Gasteiger partial charge is 0.243 e. The van der Waals surface area contributed by atoms with E-state index in [1.54, 1.807) is 24.3 Å². The van der Waals surface area contributed by atoms with Crippen LogP contribution in [0.4, 0.5) is 0 Å². The molecule has 24 heavy (non-hydrogen) atoms. The average Bonchev–Trinajstić information content (AvgIpc) is 2.56. The molecule has 0 spiro atoms. The first-order valence-corrected chi connectivity index (χ1v) is 9.49. The van der Waals surface area contributed by atoms with Gasteiger partial charge >= 0.3 is 0 Å². The highest BCUT2D eigenvalue weighted by atomic mass is 32.2. The van der Waals surface area contributed by atoms with Crippen LogP contribution in [-0.4, -0.2) is 31.9 Å². The molecule has 0 saturated carbocycles. The maximum atomic E-state index is 12.8. The van der Waals surface area contributed by atoms with Crippen molar-refractivity contribution in [3.8, 4) is 0 Å². The molecule has 2 atom stereocenters. The summed E-state index contributed by atoms with van der Waals surface area (Å²) in [4.78, 5) is 12.8. The van der Waals surface area contributed by atoms with E-state index < -0.39 is 16.1 Å². The van der Waals surface area contributed by atoms with Crippen LogP contribution in [0.1, 0.15) is 30.1 Å². The Morgan fingerprint density at radius 2 is 1.42 bits per heavy atom. The Hall–Kier alpha value is -2.18. The maximum absolute atomic E-state index is 12.8. The zero-order valence-corrected chi connectivity index (χ0v) is 14.8. The Kier molecular flexibility index (Phi) is 5.75. The van der Waals surface area contributed by atoms with E-state index in [-0.39, 0.29) is 11.9 Å². The third kappa shape index (κ3) is 4.43. The summed E-state index contributed by atoms with van der Waals surface area (Å²) in [6, 6.07) is 17.3. The zero-order chi connectivity index (χ0) is 17.7. The molecule has 2 rings (SSSR count). The molecule has 0 bridgehead atoms. The fraction of sp³-hybridized carbons (Fsp3) is 0.278. The topological polar surface area (TPSA) is 66.5 Å². The molecule has 1 unspecified atom stereocenters. The van der Waals surface area contributed by atoms with Gasteiger partial charge in [-0.1, -0.05) is 60.7 Å². The van der Waals surface area contributed by atoms with Gasteiger partial charge in [0.2, 0.25) is 15.9 Å². The number of hydrogen-bond donors (Lipinski definition) is 1. The van der Waals surface area contributed by atoms with Gasteiger partial charge in [-0.25, -0.2) is 8.42 Å². The van der Waals surface area contributed by atoms with Crippen LogP contribution in [0.3, 0.4) is 0 Å². The van der Waals surface area contributed by atoms with Crippen LogP contribution < -0.4 is 5.32 Å². The van der Waals surface area contributed by atoms with Gasteiger partial charge in [-0.2, -0.15) is 4.31 Å². The van der Waals surface area contributed by atoms with E-state index in [4.69, 9.17) is 0 Å². The summed E-state index contributed by atoms with van der Waals surface area (Å²) in [6.07, 6.45) is 1.09. The molecule has 0 heterocycles. The van der Waals surface area contributed by atoms with Gasteiger partial charge in [0.15, 0.2) is 0 Å². The Bertz CT molecular complexity index is 776. The molecule has 1 amide bonds. The van der Waals surface area contributed by atoms with Crippen molar-refractivity contribution in [2.24, 2.45) is 0 Å². The molecule has 0 aliphatic rings. The second-order valence-corrected chi connectivity index (χ2v) is 7.78. The van der Waals surface area contributed by atoms with Crippen molar-refractivity contribution in [2.75, 3.05) is 13.3 Å². The van der Waals surface area contributed by atoms with Crippen LogP contribution in [0, 0.1) is 0 Å². The summed E-state index contributed by atoms with van der Waals surface area (Å²) in [6.45, 7) is 1.87. The van der Waals surface area contributed by atoms with Gasteiger partial charge in [-0.15, -0.1) is 0 Å². The lowest BCUT2D eigenvalue weighted by Crippen LogP contribution is -2.42. The minimum atomic E-state index is -3.52. The van der Waals surface area contributed by atoms with Crippen molar-refractivity contribution >= 4 is 15.9 Å². The molecule has 128 valence electrons. The molecule has 2 aromatic carbocycles. The normalized spacial score (nSPS) is 14.2. The lowest BCUT2D eigenvalue weighted by molar-refractivity contribution is -0.125. The summed E-state index contributed by atoms with van der Waals surface area (Å²) in [5, 5.41) is 2.90. The highest BCUT2D eigenvalue weighted by molar-refractivity contribution is 7.88. The molecular formula is C18H22N2O3S. The molecule has 6 heteroatoms. The quantitative estimate of drug-likeness (QED) is 0.874. The first-order valence-electron chi connectivity index (χ1n) is 7.64. The van der Waals surface area contributed by atoms with E-state index in [0.717, 1.165) is 16.1 Å². The first-order chi connectivity index (χ1) is 11.3. The molecule has 2 aromatic rings. The van der Waals surface area contributed by atoms with Gasteiger partial charge in [0, 0.05) is 7.05 Å². The Labute approximate surface area is 143 Å². The zero-order valence-electron chi connectivity index (χ0n) is 14.0. The Morgan fingerprint density at radius 3 is 1.88 bits per heavy atom. The van der Waals surface area contributed by atoms with E-state index in [1.165, 1.54) is 7.05 Å². The van der Waals surface area contributed by atoms with Gasteiger partial charge in [0.05, 0.1) is 12.3 Å². The molecule has 0 aromatic heterocycles. The molecule has 0 radical (unpaired) electrons. The number of carbonyl (C=O) groups excluding carboxylic acids is 1. The minimum Gasteiger partial charge on any atom is -0.348 e. The molecule has 0 aliphatic carbocycles.